The van der Waals surface area contributed by atoms with E-state index in [1.807, 2.05) is 9.58 Å². The van der Waals surface area contributed by atoms with Gasteiger partial charge in [-0.1, -0.05) is 0 Å². The minimum absolute atomic E-state index is 0.152. The highest BCUT2D eigenvalue weighted by Gasteiger charge is 2.19. The van der Waals surface area contributed by atoms with Gasteiger partial charge >= 0.3 is 0 Å². The van der Waals surface area contributed by atoms with E-state index in [-0.39, 0.29) is 5.91 Å². The van der Waals surface area contributed by atoms with Crippen LogP contribution in [0.25, 0.3) is 0 Å². The molecule has 0 aliphatic carbocycles. The van der Waals surface area contributed by atoms with Gasteiger partial charge in [0.25, 0.3) is 5.91 Å². The number of carbonyl (C=O) groups excluding carboxylic acids is 1. The number of carbonyl (C=O) groups is 1. The van der Waals surface area contributed by atoms with Gasteiger partial charge in [-0.3, -0.25) is 10.2 Å². The van der Waals surface area contributed by atoms with E-state index >= 15 is 0 Å². The van der Waals surface area contributed by atoms with E-state index in [0.29, 0.717) is 18.9 Å². The molecular weight excluding hydrogens is 234 g/mol. The first-order valence-electron chi connectivity index (χ1n) is 6.28. The molecule has 0 radical (unpaired) electrons. The molecule has 3 heterocycles. The molecule has 98 valence electrons. The summed E-state index contributed by atoms with van der Waals surface area (Å²) in [6, 6.07) is 0. The minimum atomic E-state index is -0.152. The van der Waals surface area contributed by atoms with Gasteiger partial charge in [-0.15, -0.1) is 0 Å². The predicted octanol–water partition coefficient (Wildman–Crippen LogP) is -0.324. The number of hydrazine groups is 1. The van der Waals surface area contributed by atoms with Crippen LogP contribution in [0.2, 0.25) is 0 Å². The summed E-state index contributed by atoms with van der Waals surface area (Å²) >= 11 is 0. The lowest BCUT2D eigenvalue weighted by atomic mass is 10.4. The first kappa shape index (κ1) is 11.5. The number of fused-ring (bicyclic) bond motifs is 1. The second-order valence-electron chi connectivity index (χ2n) is 4.46. The SMILES string of the molecule is O=C(NN1CCOCC1)c1cn2c(n1)NCCC2. The third kappa shape index (κ3) is 2.32. The summed E-state index contributed by atoms with van der Waals surface area (Å²) in [5.74, 6) is 0.633. The Bertz CT molecular complexity index is 415. The van der Waals surface area contributed by atoms with Crippen LogP contribution < -0.4 is 10.7 Å². The van der Waals surface area contributed by atoms with Crippen molar-refractivity contribution >= 4 is 11.9 Å². The fraction of sp³-hybridized carbons (Fsp3) is 0.636. The van der Waals surface area contributed by atoms with Crippen molar-refractivity contribution in [2.45, 2.75) is 13.0 Å². The normalized spacial score (nSPS) is 20.0. The summed E-state index contributed by atoms with van der Waals surface area (Å²) in [5.41, 5.74) is 3.32. The molecule has 18 heavy (non-hydrogen) atoms. The Morgan fingerprint density at radius 3 is 3.00 bits per heavy atom. The third-order valence-corrected chi connectivity index (χ3v) is 3.14. The molecule has 7 nitrogen and oxygen atoms in total. The van der Waals surface area contributed by atoms with Crippen LogP contribution in [0.15, 0.2) is 6.20 Å². The van der Waals surface area contributed by atoms with E-state index in [4.69, 9.17) is 4.74 Å². The molecule has 0 saturated carbocycles. The number of rotatable bonds is 2. The summed E-state index contributed by atoms with van der Waals surface area (Å²) < 4.78 is 7.21. The number of aromatic nitrogens is 2. The Labute approximate surface area is 105 Å². The zero-order valence-corrected chi connectivity index (χ0v) is 10.2. The molecule has 0 bridgehead atoms. The molecule has 1 aromatic heterocycles. The Hall–Kier alpha value is -1.60. The van der Waals surface area contributed by atoms with E-state index in [2.05, 4.69) is 15.7 Å². The number of aryl methyl sites for hydroxylation is 1. The molecule has 0 atom stereocenters. The summed E-state index contributed by atoms with van der Waals surface area (Å²) in [6.07, 6.45) is 2.87. The van der Waals surface area contributed by atoms with E-state index in [9.17, 15) is 4.79 Å². The number of hydrogen-bond donors (Lipinski definition) is 2. The average Bonchev–Trinajstić information content (AvgIpc) is 2.84. The topological polar surface area (TPSA) is 71.4 Å². The van der Waals surface area contributed by atoms with Gasteiger partial charge in [-0.2, -0.15) is 0 Å². The Balaban J connectivity index is 1.66. The van der Waals surface area contributed by atoms with Crippen molar-refractivity contribution in [1.82, 2.24) is 20.0 Å². The average molecular weight is 251 g/mol. The number of hydrogen-bond acceptors (Lipinski definition) is 5. The molecule has 1 fully saturated rings. The number of anilines is 1. The van der Waals surface area contributed by atoms with E-state index in [1.165, 1.54) is 0 Å². The number of amides is 1. The Morgan fingerprint density at radius 1 is 1.39 bits per heavy atom. The van der Waals surface area contributed by atoms with Gasteiger partial charge in [0.05, 0.1) is 13.2 Å². The number of morpholine rings is 1. The summed E-state index contributed by atoms with van der Waals surface area (Å²) in [6.45, 7) is 4.58. The predicted molar refractivity (Wildman–Crippen MR) is 65.2 cm³/mol. The van der Waals surface area contributed by atoms with Crippen molar-refractivity contribution < 1.29 is 9.53 Å². The molecule has 0 spiro atoms. The molecule has 0 unspecified atom stereocenters. The van der Waals surface area contributed by atoms with Gasteiger partial charge < -0.3 is 14.6 Å². The van der Waals surface area contributed by atoms with Crippen LogP contribution in [0.1, 0.15) is 16.9 Å². The smallest absolute Gasteiger partial charge is 0.285 e. The standard InChI is InChI=1S/C11H17N5O2/c17-10(14-16-4-6-18-7-5-16)9-8-15-3-1-2-12-11(15)13-9/h8H,1-7H2,(H,12,13)(H,14,17). The Morgan fingerprint density at radius 2 is 2.22 bits per heavy atom. The minimum Gasteiger partial charge on any atom is -0.379 e. The lowest BCUT2D eigenvalue weighted by molar-refractivity contribution is 0.0125. The quantitative estimate of drug-likeness (QED) is 0.753. The van der Waals surface area contributed by atoms with Gasteiger partial charge in [-0.25, -0.2) is 9.99 Å². The molecule has 1 amide bonds. The van der Waals surface area contributed by atoms with E-state index < -0.39 is 0 Å². The maximum atomic E-state index is 12.0. The summed E-state index contributed by atoms with van der Waals surface area (Å²) in [5, 5.41) is 5.05. The monoisotopic (exact) mass is 251 g/mol. The van der Waals surface area contributed by atoms with Crippen molar-refractivity contribution in [3.63, 3.8) is 0 Å². The van der Waals surface area contributed by atoms with Crippen LogP contribution in [0.4, 0.5) is 5.95 Å². The first-order chi connectivity index (χ1) is 8.83. The molecule has 2 N–H and O–H groups in total. The van der Waals surface area contributed by atoms with Crippen molar-refractivity contribution in [2.24, 2.45) is 0 Å². The summed E-state index contributed by atoms with van der Waals surface area (Å²) in [4.78, 5) is 16.3. The van der Waals surface area contributed by atoms with Gasteiger partial charge in [0.15, 0.2) is 0 Å². The molecule has 0 aromatic carbocycles. The second-order valence-corrected chi connectivity index (χ2v) is 4.46. The van der Waals surface area contributed by atoms with Crippen LogP contribution >= 0.6 is 0 Å². The molecule has 3 rings (SSSR count). The van der Waals surface area contributed by atoms with Crippen LogP contribution in [-0.4, -0.2) is 53.3 Å². The highest BCUT2D eigenvalue weighted by atomic mass is 16.5. The highest BCUT2D eigenvalue weighted by molar-refractivity contribution is 5.92. The van der Waals surface area contributed by atoms with Crippen molar-refractivity contribution in [3.8, 4) is 0 Å². The van der Waals surface area contributed by atoms with E-state index in [0.717, 1.165) is 38.5 Å². The largest absolute Gasteiger partial charge is 0.379 e. The second kappa shape index (κ2) is 4.95. The van der Waals surface area contributed by atoms with Gasteiger partial charge in [0, 0.05) is 32.4 Å². The van der Waals surface area contributed by atoms with Gasteiger partial charge in [-0.05, 0) is 6.42 Å². The fourth-order valence-electron chi connectivity index (χ4n) is 2.16. The van der Waals surface area contributed by atoms with Crippen LogP contribution in [0.5, 0.6) is 0 Å². The van der Waals surface area contributed by atoms with Crippen molar-refractivity contribution in [3.05, 3.63) is 11.9 Å². The molecule has 2 aliphatic rings. The van der Waals surface area contributed by atoms with E-state index in [1.54, 1.807) is 6.20 Å². The maximum Gasteiger partial charge on any atom is 0.285 e. The molecule has 2 aliphatic heterocycles. The number of nitrogens with zero attached hydrogens (tertiary/aromatic N) is 3. The molecule has 1 aromatic rings. The fourth-order valence-corrected chi connectivity index (χ4v) is 2.16. The molecule has 7 heteroatoms. The molecule has 1 saturated heterocycles. The van der Waals surface area contributed by atoms with Crippen molar-refractivity contribution in [1.29, 1.82) is 0 Å². The van der Waals surface area contributed by atoms with Crippen molar-refractivity contribution in [2.75, 3.05) is 38.2 Å². The number of ether oxygens (including phenoxy) is 1. The van der Waals surface area contributed by atoms with Crippen LogP contribution in [0.3, 0.4) is 0 Å². The number of imidazole rings is 1. The van der Waals surface area contributed by atoms with Crippen LogP contribution in [-0.2, 0) is 11.3 Å². The highest BCUT2D eigenvalue weighted by Crippen LogP contribution is 2.14. The lowest BCUT2D eigenvalue weighted by Gasteiger charge is -2.26. The first-order valence-corrected chi connectivity index (χ1v) is 6.28. The maximum absolute atomic E-state index is 12.0. The number of nitrogens with one attached hydrogen (secondary N) is 2. The van der Waals surface area contributed by atoms with Crippen LogP contribution in [0, 0.1) is 0 Å². The van der Waals surface area contributed by atoms with Gasteiger partial charge in [0.2, 0.25) is 5.95 Å². The zero-order chi connectivity index (χ0) is 12.4. The summed E-state index contributed by atoms with van der Waals surface area (Å²) in [7, 11) is 0. The zero-order valence-electron chi connectivity index (χ0n) is 10.2. The Kier molecular flexibility index (Phi) is 3.16. The van der Waals surface area contributed by atoms with Gasteiger partial charge in [0.1, 0.15) is 5.69 Å². The molecular formula is C11H17N5O2. The third-order valence-electron chi connectivity index (χ3n) is 3.14. The lowest BCUT2D eigenvalue weighted by Crippen LogP contribution is -2.48.